The molecule has 0 aromatic heterocycles. The number of carbonyl (C=O) groups is 1. The van der Waals surface area contributed by atoms with Gasteiger partial charge in [-0.25, -0.2) is 0 Å². The van der Waals surface area contributed by atoms with Crippen LogP contribution in [0.3, 0.4) is 0 Å². The Morgan fingerprint density at radius 2 is 2.09 bits per heavy atom. The molecule has 0 saturated carbocycles. The fourth-order valence-corrected chi connectivity index (χ4v) is 0.466. The highest BCUT2D eigenvalue weighted by Gasteiger charge is 2.18. The van der Waals surface area contributed by atoms with Gasteiger partial charge in [0.2, 0.25) is 0 Å². The van der Waals surface area contributed by atoms with Crippen molar-refractivity contribution in [2.75, 3.05) is 14.1 Å². The molecule has 6 heteroatoms. The maximum atomic E-state index is 10.7. The number of nitro groups is 1. The van der Waals surface area contributed by atoms with Crippen molar-refractivity contribution in [1.82, 2.24) is 10.6 Å². The van der Waals surface area contributed by atoms with Gasteiger partial charge in [0.05, 0.1) is 11.1 Å². The van der Waals surface area contributed by atoms with E-state index in [9.17, 15) is 14.9 Å². The van der Waals surface area contributed by atoms with E-state index in [1.165, 1.54) is 14.1 Å². The lowest BCUT2D eigenvalue weighted by Gasteiger charge is -1.95. The number of nitrogens with one attached hydrogen (secondary N) is 2. The van der Waals surface area contributed by atoms with Crippen molar-refractivity contribution in [2.24, 2.45) is 0 Å². The molecule has 11 heavy (non-hydrogen) atoms. The van der Waals surface area contributed by atoms with Crippen LogP contribution >= 0.6 is 0 Å². The van der Waals surface area contributed by atoms with Gasteiger partial charge in [0.1, 0.15) is 0 Å². The first-order valence-electron chi connectivity index (χ1n) is 2.87. The number of nitrogens with zero attached hydrogens (tertiary/aromatic N) is 1. The van der Waals surface area contributed by atoms with Crippen LogP contribution in [0.15, 0.2) is 11.9 Å². The lowest BCUT2D eigenvalue weighted by atomic mass is 10.4. The third-order valence-electron chi connectivity index (χ3n) is 0.937. The van der Waals surface area contributed by atoms with E-state index < -0.39 is 16.5 Å². The molecule has 0 saturated heterocycles. The molecule has 0 aromatic rings. The molecule has 0 aliphatic heterocycles. The van der Waals surface area contributed by atoms with E-state index in [-0.39, 0.29) is 0 Å². The third-order valence-corrected chi connectivity index (χ3v) is 0.937. The highest BCUT2D eigenvalue weighted by Crippen LogP contribution is 1.91. The maximum absolute atomic E-state index is 10.7. The van der Waals surface area contributed by atoms with E-state index in [0.29, 0.717) is 0 Å². The molecular formula is C5H9N3O3. The number of carbonyl (C=O) groups excluding carboxylic acids is 1. The van der Waals surface area contributed by atoms with Crippen LogP contribution in [-0.4, -0.2) is 24.9 Å². The standard InChI is InChI=1S/C5H9N3O3/c1-6-3-4(8(10)11)5(9)7-2/h3,6H,1-2H3,(H,7,9)/b4-3+. The van der Waals surface area contributed by atoms with Crippen LogP contribution in [0, 0.1) is 10.1 Å². The van der Waals surface area contributed by atoms with Crippen molar-refractivity contribution in [3.63, 3.8) is 0 Å². The van der Waals surface area contributed by atoms with Gasteiger partial charge in [-0.15, -0.1) is 0 Å². The molecule has 0 spiro atoms. The van der Waals surface area contributed by atoms with Gasteiger partial charge in [-0.2, -0.15) is 0 Å². The molecule has 0 radical (unpaired) electrons. The minimum absolute atomic E-state index is 0.505. The highest BCUT2D eigenvalue weighted by molar-refractivity contribution is 5.90. The Kier molecular flexibility index (Phi) is 3.65. The molecule has 62 valence electrons. The molecule has 0 atom stereocenters. The molecule has 2 N–H and O–H groups in total. The Hall–Kier alpha value is -1.59. The first-order chi connectivity index (χ1) is 5.13. The summed E-state index contributed by atoms with van der Waals surface area (Å²) in [4.78, 5) is 20.1. The third kappa shape index (κ3) is 2.65. The molecule has 0 aliphatic rings. The molecular weight excluding hydrogens is 150 g/mol. The molecule has 0 unspecified atom stereocenters. The van der Waals surface area contributed by atoms with Crippen molar-refractivity contribution in [3.8, 4) is 0 Å². The van der Waals surface area contributed by atoms with E-state index in [4.69, 9.17) is 0 Å². The molecule has 0 aliphatic carbocycles. The van der Waals surface area contributed by atoms with E-state index in [1.54, 1.807) is 0 Å². The fourth-order valence-electron chi connectivity index (χ4n) is 0.466. The molecule has 0 fully saturated rings. The second-order valence-corrected chi connectivity index (χ2v) is 1.65. The summed E-state index contributed by atoms with van der Waals surface area (Å²) in [6.07, 6.45) is 1.03. The number of rotatable bonds is 3. The molecule has 0 aromatic carbocycles. The van der Waals surface area contributed by atoms with Crippen LogP contribution < -0.4 is 10.6 Å². The Morgan fingerprint density at radius 1 is 1.55 bits per heavy atom. The fraction of sp³-hybridized carbons (Fsp3) is 0.400. The average molecular weight is 159 g/mol. The van der Waals surface area contributed by atoms with Gasteiger partial charge in [0, 0.05) is 14.1 Å². The van der Waals surface area contributed by atoms with Gasteiger partial charge in [-0.1, -0.05) is 0 Å². The Morgan fingerprint density at radius 3 is 2.36 bits per heavy atom. The lowest BCUT2D eigenvalue weighted by Crippen LogP contribution is -2.25. The summed E-state index contributed by atoms with van der Waals surface area (Å²) in [6, 6.07) is 0. The van der Waals surface area contributed by atoms with Crippen molar-refractivity contribution < 1.29 is 9.72 Å². The van der Waals surface area contributed by atoms with Crippen LogP contribution in [0.1, 0.15) is 0 Å². The highest BCUT2D eigenvalue weighted by atomic mass is 16.6. The summed E-state index contributed by atoms with van der Waals surface area (Å²) in [5.74, 6) is -0.718. The van der Waals surface area contributed by atoms with E-state index in [2.05, 4.69) is 10.6 Å². The molecule has 0 rings (SSSR count). The minimum atomic E-state index is -0.755. The summed E-state index contributed by atoms with van der Waals surface area (Å²) in [7, 11) is 2.81. The quantitative estimate of drug-likeness (QED) is 0.316. The van der Waals surface area contributed by atoms with Gasteiger partial charge in [0.15, 0.2) is 0 Å². The average Bonchev–Trinajstić information content (AvgIpc) is 1.98. The van der Waals surface area contributed by atoms with E-state index in [1.807, 2.05) is 0 Å². The van der Waals surface area contributed by atoms with Gasteiger partial charge in [-0.05, 0) is 0 Å². The smallest absolute Gasteiger partial charge is 0.348 e. The maximum Gasteiger partial charge on any atom is 0.348 e. The zero-order valence-electron chi connectivity index (χ0n) is 6.25. The molecule has 0 heterocycles. The van der Waals surface area contributed by atoms with E-state index >= 15 is 0 Å². The topological polar surface area (TPSA) is 84.3 Å². The lowest BCUT2D eigenvalue weighted by molar-refractivity contribution is -0.419. The monoisotopic (exact) mass is 159 g/mol. The van der Waals surface area contributed by atoms with Gasteiger partial charge in [-0.3, -0.25) is 14.9 Å². The largest absolute Gasteiger partial charge is 0.388 e. The van der Waals surface area contributed by atoms with Crippen molar-refractivity contribution in [1.29, 1.82) is 0 Å². The van der Waals surface area contributed by atoms with Crippen LogP contribution in [-0.2, 0) is 4.79 Å². The summed E-state index contributed by atoms with van der Waals surface area (Å²) >= 11 is 0. The zero-order valence-corrected chi connectivity index (χ0v) is 6.25. The number of hydrogen-bond donors (Lipinski definition) is 2. The minimum Gasteiger partial charge on any atom is -0.388 e. The van der Waals surface area contributed by atoms with Crippen LogP contribution in [0.4, 0.5) is 0 Å². The first-order valence-corrected chi connectivity index (χ1v) is 2.87. The number of amides is 1. The zero-order chi connectivity index (χ0) is 8.85. The number of likely N-dealkylation sites (N-methyl/N-ethyl adjacent to an activating group) is 1. The number of hydrogen-bond acceptors (Lipinski definition) is 4. The van der Waals surface area contributed by atoms with Crippen LogP contribution in [0.5, 0.6) is 0 Å². The SMILES string of the molecule is CN/C=C(\C(=O)NC)[N+](=O)[O-]. The summed E-state index contributed by atoms with van der Waals surface area (Å²) in [5.41, 5.74) is -0.505. The molecule has 6 nitrogen and oxygen atoms in total. The molecule has 0 bridgehead atoms. The van der Waals surface area contributed by atoms with Crippen molar-refractivity contribution >= 4 is 5.91 Å². The van der Waals surface area contributed by atoms with Crippen molar-refractivity contribution in [3.05, 3.63) is 22.0 Å². The van der Waals surface area contributed by atoms with E-state index in [0.717, 1.165) is 6.20 Å². The summed E-state index contributed by atoms with van der Waals surface area (Å²) < 4.78 is 0. The van der Waals surface area contributed by atoms with Crippen molar-refractivity contribution in [2.45, 2.75) is 0 Å². The van der Waals surface area contributed by atoms with Gasteiger partial charge >= 0.3 is 11.6 Å². The van der Waals surface area contributed by atoms with Crippen LogP contribution in [0.2, 0.25) is 0 Å². The second-order valence-electron chi connectivity index (χ2n) is 1.65. The Labute approximate surface area is 63.4 Å². The van der Waals surface area contributed by atoms with Crippen LogP contribution in [0.25, 0.3) is 0 Å². The predicted molar refractivity (Wildman–Crippen MR) is 38.2 cm³/mol. The Bertz CT molecular complexity index is 199. The van der Waals surface area contributed by atoms with Gasteiger partial charge < -0.3 is 10.6 Å². The summed E-state index contributed by atoms with van der Waals surface area (Å²) in [5, 5.41) is 14.7. The van der Waals surface area contributed by atoms with Gasteiger partial charge in [0.25, 0.3) is 0 Å². The molecule has 1 amide bonds. The second kappa shape index (κ2) is 4.26. The Balaban J connectivity index is 4.48. The normalized spacial score (nSPS) is 10.5. The first kappa shape index (κ1) is 9.41. The summed E-state index contributed by atoms with van der Waals surface area (Å²) in [6.45, 7) is 0. The predicted octanol–water partition coefficient (Wildman–Crippen LogP) is -0.930.